The van der Waals surface area contributed by atoms with Crippen molar-refractivity contribution >= 4 is 0 Å². The summed E-state index contributed by atoms with van der Waals surface area (Å²) in [7, 11) is 0. The standard InChI is InChI=1S/C18H21F2N/c1-2-21-18(15-8-4-3-5-9-15)10-6-7-14-11-16(19)13-17(20)12-14/h3-5,8-9,11-13,18,21H,2,6-7,10H2,1H3. The van der Waals surface area contributed by atoms with Crippen molar-refractivity contribution in [3.63, 3.8) is 0 Å². The van der Waals surface area contributed by atoms with Crippen molar-refractivity contribution in [3.05, 3.63) is 71.3 Å². The first-order chi connectivity index (χ1) is 10.2. The van der Waals surface area contributed by atoms with Crippen LogP contribution in [0.15, 0.2) is 48.5 Å². The fourth-order valence-corrected chi connectivity index (χ4v) is 2.58. The molecule has 0 heterocycles. The molecule has 0 aliphatic heterocycles. The topological polar surface area (TPSA) is 12.0 Å². The molecule has 0 saturated heterocycles. The van der Waals surface area contributed by atoms with Gasteiger partial charge in [0.1, 0.15) is 11.6 Å². The number of benzene rings is 2. The average Bonchev–Trinajstić information content (AvgIpc) is 2.46. The van der Waals surface area contributed by atoms with E-state index in [-0.39, 0.29) is 6.04 Å². The zero-order valence-electron chi connectivity index (χ0n) is 12.3. The Hall–Kier alpha value is -1.74. The number of hydrogen-bond donors (Lipinski definition) is 1. The second kappa shape index (κ2) is 7.89. The first-order valence-electron chi connectivity index (χ1n) is 7.42. The maximum atomic E-state index is 13.1. The molecule has 2 rings (SSSR count). The van der Waals surface area contributed by atoms with Crippen molar-refractivity contribution in [3.8, 4) is 0 Å². The third kappa shape index (κ3) is 4.94. The molecule has 0 aliphatic carbocycles. The number of rotatable bonds is 7. The minimum absolute atomic E-state index is 0.287. The maximum Gasteiger partial charge on any atom is 0.126 e. The molecular weight excluding hydrogens is 268 g/mol. The zero-order chi connectivity index (χ0) is 15.1. The number of halogens is 2. The van der Waals surface area contributed by atoms with Crippen LogP contribution in [-0.2, 0) is 6.42 Å². The van der Waals surface area contributed by atoms with E-state index < -0.39 is 11.6 Å². The van der Waals surface area contributed by atoms with Crippen molar-refractivity contribution in [1.82, 2.24) is 5.32 Å². The molecule has 2 aromatic carbocycles. The van der Waals surface area contributed by atoms with Crippen molar-refractivity contribution in [1.29, 1.82) is 0 Å². The Morgan fingerprint density at radius 3 is 2.29 bits per heavy atom. The molecule has 0 saturated carbocycles. The van der Waals surface area contributed by atoms with Gasteiger partial charge in [0, 0.05) is 12.1 Å². The van der Waals surface area contributed by atoms with Gasteiger partial charge < -0.3 is 5.32 Å². The van der Waals surface area contributed by atoms with Crippen LogP contribution in [0.1, 0.15) is 36.9 Å². The summed E-state index contributed by atoms with van der Waals surface area (Å²) in [6.45, 7) is 2.98. The molecule has 0 spiro atoms. The summed E-state index contributed by atoms with van der Waals surface area (Å²) in [5.74, 6) is -1.01. The Kier molecular flexibility index (Phi) is 5.88. The zero-order valence-corrected chi connectivity index (χ0v) is 12.3. The minimum Gasteiger partial charge on any atom is -0.310 e. The molecule has 2 aromatic rings. The quantitative estimate of drug-likeness (QED) is 0.783. The van der Waals surface area contributed by atoms with E-state index in [0.29, 0.717) is 6.42 Å². The summed E-state index contributed by atoms with van der Waals surface area (Å²) in [5, 5.41) is 3.46. The lowest BCUT2D eigenvalue weighted by Crippen LogP contribution is -2.20. The van der Waals surface area contributed by atoms with E-state index in [1.54, 1.807) is 0 Å². The Bertz CT molecular complexity index is 534. The predicted octanol–water partition coefficient (Wildman–Crippen LogP) is 4.64. The molecule has 0 bridgehead atoms. The number of nitrogens with one attached hydrogen (secondary N) is 1. The van der Waals surface area contributed by atoms with Crippen molar-refractivity contribution in [2.24, 2.45) is 0 Å². The van der Waals surface area contributed by atoms with Crippen LogP contribution in [0.4, 0.5) is 8.78 Å². The Labute approximate surface area is 125 Å². The summed E-state index contributed by atoms with van der Waals surface area (Å²) in [4.78, 5) is 0. The van der Waals surface area contributed by atoms with E-state index in [0.717, 1.165) is 31.0 Å². The Morgan fingerprint density at radius 1 is 1.00 bits per heavy atom. The van der Waals surface area contributed by atoms with Gasteiger partial charge in [0.15, 0.2) is 0 Å². The van der Waals surface area contributed by atoms with Crippen LogP contribution in [0.25, 0.3) is 0 Å². The third-order valence-electron chi connectivity index (χ3n) is 3.53. The Morgan fingerprint density at radius 2 is 1.67 bits per heavy atom. The average molecular weight is 289 g/mol. The highest BCUT2D eigenvalue weighted by molar-refractivity contribution is 5.20. The van der Waals surface area contributed by atoms with E-state index in [4.69, 9.17) is 0 Å². The lowest BCUT2D eigenvalue weighted by Gasteiger charge is -2.18. The molecule has 0 radical (unpaired) electrons. The monoisotopic (exact) mass is 289 g/mol. The molecule has 1 unspecified atom stereocenters. The van der Waals surface area contributed by atoms with Crippen molar-refractivity contribution in [2.75, 3.05) is 6.54 Å². The second-order valence-electron chi connectivity index (χ2n) is 5.19. The van der Waals surface area contributed by atoms with Crippen LogP contribution in [0.5, 0.6) is 0 Å². The summed E-state index contributed by atoms with van der Waals surface area (Å²) >= 11 is 0. The first kappa shape index (κ1) is 15.6. The molecule has 1 N–H and O–H groups in total. The summed E-state index contributed by atoms with van der Waals surface area (Å²) in [6.07, 6.45) is 2.51. The molecule has 1 atom stereocenters. The van der Waals surface area contributed by atoms with Crippen molar-refractivity contribution in [2.45, 2.75) is 32.2 Å². The lowest BCUT2D eigenvalue weighted by molar-refractivity contribution is 0.497. The largest absolute Gasteiger partial charge is 0.310 e. The van der Waals surface area contributed by atoms with Gasteiger partial charge in [-0.05, 0) is 49.1 Å². The van der Waals surface area contributed by atoms with E-state index in [1.165, 1.54) is 17.7 Å². The van der Waals surface area contributed by atoms with Gasteiger partial charge in [0.2, 0.25) is 0 Å². The molecule has 3 heteroatoms. The molecule has 21 heavy (non-hydrogen) atoms. The summed E-state index contributed by atoms with van der Waals surface area (Å²) < 4.78 is 26.3. The van der Waals surface area contributed by atoms with Crippen LogP contribution in [0.2, 0.25) is 0 Å². The highest BCUT2D eigenvalue weighted by Gasteiger charge is 2.09. The van der Waals surface area contributed by atoms with Crippen LogP contribution < -0.4 is 5.32 Å². The summed E-state index contributed by atoms with van der Waals surface area (Å²) in [6, 6.07) is 14.3. The molecule has 0 aliphatic rings. The highest BCUT2D eigenvalue weighted by Crippen LogP contribution is 2.20. The van der Waals surface area contributed by atoms with Gasteiger partial charge in [-0.3, -0.25) is 0 Å². The van der Waals surface area contributed by atoms with Gasteiger partial charge in [0.05, 0.1) is 0 Å². The molecule has 0 amide bonds. The van der Waals surface area contributed by atoms with Gasteiger partial charge in [-0.2, -0.15) is 0 Å². The fraction of sp³-hybridized carbons (Fsp3) is 0.333. The van der Waals surface area contributed by atoms with Crippen LogP contribution in [0.3, 0.4) is 0 Å². The van der Waals surface area contributed by atoms with Crippen LogP contribution >= 0.6 is 0 Å². The van der Waals surface area contributed by atoms with E-state index in [2.05, 4.69) is 24.4 Å². The van der Waals surface area contributed by atoms with Gasteiger partial charge in [-0.1, -0.05) is 37.3 Å². The summed E-state index contributed by atoms with van der Waals surface area (Å²) in [5.41, 5.74) is 1.97. The van der Waals surface area contributed by atoms with E-state index >= 15 is 0 Å². The molecule has 112 valence electrons. The predicted molar refractivity (Wildman–Crippen MR) is 82.2 cm³/mol. The first-order valence-corrected chi connectivity index (χ1v) is 7.42. The molecule has 0 fully saturated rings. The fourth-order valence-electron chi connectivity index (χ4n) is 2.58. The lowest BCUT2D eigenvalue weighted by atomic mass is 9.99. The van der Waals surface area contributed by atoms with Gasteiger partial charge in [-0.25, -0.2) is 8.78 Å². The van der Waals surface area contributed by atoms with Crippen molar-refractivity contribution < 1.29 is 8.78 Å². The van der Waals surface area contributed by atoms with Gasteiger partial charge >= 0.3 is 0 Å². The third-order valence-corrected chi connectivity index (χ3v) is 3.53. The minimum atomic E-state index is -0.503. The normalized spacial score (nSPS) is 12.3. The van der Waals surface area contributed by atoms with Gasteiger partial charge in [0.25, 0.3) is 0 Å². The van der Waals surface area contributed by atoms with E-state index in [1.807, 2.05) is 18.2 Å². The molecule has 1 nitrogen and oxygen atoms in total. The second-order valence-corrected chi connectivity index (χ2v) is 5.19. The Balaban J connectivity index is 1.93. The highest BCUT2D eigenvalue weighted by atomic mass is 19.1. The smallest absolute Gasteiger partial charge is 0.126 e. The SMILES string of the molecule is CCNC(CCCc1cc(F)cc(F)c1)c1ccccc1. The van der Waals surface area contributed by atoms with Crippen LogP contribution in [-0.4, -0.2) is 6.54 Å². The molecule has 0 aromatic heterocycles. The van der Waals surface area contributed by atoms with E-state index in [9.17, 15) is 8.78 Å². The maximum absolute atomic E-state index is 13.1. The molecular formula is C18H21F2N. The van der Waals surface area contributed by atoms with Crippen LogP contribution in [0, 0.1) is 11.6 Å². The number of hydrogen-bond acceptors (Lipinski definition) is 1. The van der Waals surface area contributed by atoms with Gasteiger partial charge in [-0.15, -0.1) is 0 Å². The number of aryl methyl sites for hydroxylation is 1.